The number of ether oxygens (including phenoxy) is 1. The Bertz CT molecular complexity index is 1500. The van der Waals surface area contributed by atoms with Gasteiger partial charge < -0.3 is 10.1 Å². The number of hydrogen-bond donors (Lipinski definition) is 1. The second kappa shape index (κ2) is 9.02. The normalized spacial score (nSPS) is 22.2. The zero-order valence-electron chi connectivity index (χ0n) is 20.0. The molecule has 0 aromatic heterocycles. The minimum Gasteiger partial charge on any atom is -0.489 e. The first-order chi connectivity index (χ1) is 17.2. The van der Waals surface area contributed by atoms with Crippen LogP contribution >= 0.6 is 0 Å². The molecular formula is C28H26N2O5S. The standard InChI is InChI=1S/C28H26N2O5S/c1-3-15-28(2)21-12-8-7-11-20(21)25(31)24(26(28)32)27-29-22-14-13-19(16-23(22)36(33,34)30-27)35-17-18-9-5-4-6-10-18/h4-14,16,24H,3,15,17H2,1-2H3,(H,29,30). The lowest BCUT2D eigenvalue weighted by atomic mass is 9.63. The van der Waals surface area contributed by atoms with Crippen LogP contribution in [-0.4, -0.2) is 25.8 Å². The molecule has 2 unspecified atom stereocenters. The summed E-state index contributed by atoms with van der Waals surface area (Å²) in [4.78, 5) is 27.1. The summed E-state index contributed by atoms with van der Waals surface area (Å²) >= 11 is 0. The van der Waals surface area contributed by atoms with E-state index in [4.69, 9.17) is 4.74 Å². The lowest BCUT2D eigenvalue weighted by Gasteiger charge is -2.38. The van der Waals surface area contributed by atoms with Crippen molar-refractivity contribution in [3.05, 3.63) is 89.5 Å². The Morgan fingerprint density at radius 3 is 2.47 bits per heavy atom. The van der Waals surface area contributed by atoms with Crippen LogP contribution in [-0.2, 0) is 26.8 Å². The lowest BCUT2D eigenvalue weighted by Crippen LogP contribution is -2.51. The fourth-order valence-electron chi connectivity index (χ4n) is 5.03. The molecule has 3 aromatic carbocycles. The maximum absolute atomic E-state index is 13.8. The minimum atomic E-state index is -4.18. The molecule has 1 aliphatic carbocycles. The average molecular weight is 503 g/mol. The number of fused-ring (bicyclic) bond motifs is 2. The van der Waals surface area contributed by atoms with Gasteiger partial charge >= 0.3 is 0 Å². The predicted octanol–water partition coefficient (Wildman–Crippen LogP) is 4.92. The van der Waals surface area contributed by atoms with Gasteiger partial charge in [0.15, 0.2) is 11.6 Å². The fraction of sp³-hybridized carbons (Fsp3) is 0.250. The van der Waals surface area contributed by atoms with E-state index in [0.29, 0.717) is 23.3 Å². The number of Topliss-reactive ketones (excluding diaryl/α,β-unsaturated/α-hetero) is 2. The van der Waals surface area contributed by atoms with Crippen LogP contribution in [0.4, 0.5) is 5.69 Å². The van der Waals surface area contributed by atoms with Crippen LogP contribution in [0.2, 0.25) is 0 Å². The molecule has 0 radical (unpaired) electrons. The number of carbonyl (C=O) groups is 2. The molecule has 1 aliphatic heterocycles. The number of nitrogens with one attached hydrogen (secondary N) is 1. The fourth-order valence-corrected chi connectivity index (χ4v) is 6.20. The van der Waals surface area contributed by atoms with Crippen LogP contribution in [0.5, 0.6) is 5.75 Å². The molecule has 0 spiro atoms. The van der Waals surface area contributed by atoms with Gasteiger partial charge in [-0.2, -0.15) is 8.42 Å². The quantitative estimate of drug-likeness (QED) is 0.480. The smallest absolute Gasteiger partial charge is 0.286 e. The van der Waals surface area contributed by atoms with Crippen molar-refractivity contribution >= 4 is 33.1 Å². The molecular weight excluding hydrogens is 476 g/mol. The van der Waals surface area contributed by atoms with Gasteiger partial charge in [0.2, 0.25) is 0 Å². The number of sulfonamides is 1. The number of ketones is 2. The molecule has 36 heavy (non-hydrogen) atoms. The van der Waals surface area contributed by atoms with Crippen LogP contribution < -0.4 is 10.1 Å². The Balaban J connectivity index is 1.49. The highest BCUT2D eigenvalue weighted by Crippen LogP contribution is 2.42. The van der Waals surface area contributed by atoms with Crippen LogP contribution in [0.15, 0.2) is 82.1 Å². The summed E-state index contributed by atoms with van der Waals surface area (Å²) in [5, 5.41) is 2.97. The maximum Gasteiger partial charge on any atom is 0.286 e. The molecule has 0 saturated heterocycles. The molecule has 1 N–H and O–H groups in total. The second-order valence-corrected chi connectivity index (χ2v) is 10.9. The third-order valence-electron chi connectivity index (χ3n) is 6.84. The molecule has 7 nitrogen and oxygen atoms in total. The summed E-state index contributed by atoms with van der Waals surface area (Å²) in [5.41, 5.74) is 1.38. The van der Waals surface area contributed by atoms with Gasteiger partial charge in [-0.05, 0) is 36.6 Å². The monoisotopic (exact) mass is 502 g/mol. The Labute approximate surface area is 210 Å². The summed E-state index contributed by atoms with van der Waals surface area (Å²) in [6.07, 6.45) is 1.26. The van der Waals surface area contributed by atoms with Crippen molar-refractivity contribution in [2.75, 3.05) is 5.32 Å². The first-order valence-electron chi connectivity index (χ1n) is 11.9. The van der Waals surface area contributed by atoms with Crippen LogP contribution in [0.25, 0.3) is 0 Å². The van der Waals surface area contributed by atoms with Crippen LogP contribution in [0, 0.1) is 5.92 Å². The van der Waals surface area contributed by atoms with Crippen LogP contribution in [0.3, 0.4) is 0 Å². The summed E-state index contributed by atoms with van der Waals surface area (Å²) in [7, 11) is -4.18. The summed E-state index contributed by atoms with van der Waals surface area (Å²) in [6.45, 7) is 4.07. The maximum atomic E-state index is 13.8. The molecule has 0 bridgehead atoms. The zero-order chi connectivity index (χ0) is 25.5. The Morgan fingerprint density at radius 2 is 1.72 bits per heavy atom. The topological polar surface area (TPSA) is 102 Å². The highest BCUT2D eigenvalue weighted by Gasteiger charge is 2.51. The number of benzene rings is 3. The van der Waals surface area contributed by atoms with Gasteiger partial charge in [-0.3, -0.25) is 9.59 Å². The van der Waals surface area contributed by atoms with Gasteiger partial charge in [-0.25, -0.2) is 0 Å². The third-order valence-corrected chi connectivity index (χ3v) is 8.17. The largest absolute Gasteiger partial charge is 0.489 e. The van der Waals surface area contributed by atoms with E-state index >= 15 is 0 Å². The molecule has 0 amide bonds. The van der Waals surface area contributed by atoms with Gasteiger partial charge in [0.05, 0.1) is 11.1 Å². The molecule has 2 aliphatic rings. The van der Waals surface area contributed by atoms with E-state index in [1.54, 1.807) is 30.3 Å². The first-order valence-corrected chi connectivity index (χ1v) is 13.3. The Hall–Kier alpha value is -3.78. The summed E-state index contributed by atoms with van der Waals surface area (Å²) < 4.78 is 36.1. The molecule has 0 fully saturated rings. The number of amidine groups is 1. The number of anilines is 1. The molecule has 0 saturated carbocycles. The van der Waals surface area contributed by atoms with E-state index in [0.717, 1.165) is 12.0 Å². The molecule has 184 valence electrons. The zero-order valence-corrected chi connectivity index (χ0v) is 20.8. The van der Waals surface area contributed by atoms with Gasteiger partial charge in [0.25, 0.3) is 10.0 Å². The van der Waals surface area contributed by atoms with E-state index < -0.39 is 27.1 Å². The summed E-state index contributed by atoms with van der Waals surface area (Å²) in [5.74, 6) is -1.91. The molecule has 8 heteroatoms. The summed E-state index contributed by atoms with van der Waals surface area (Å²) in [6, 6.07) is 21.2. The Kier molecular flexibility index (Phi) is 6.00. The number of carbonyl (C=O) groups excluding carboxylic acids is 2. The highest BCUT2D eigenvalue weighted by atomic mass is 32.2. The second-order valence-electron chi connectivity index (χ2n) is 9.30. The van der Waals surface area contributed by atoms with Crippen molar-refractivity contribution in [2.24, 2.45) is 10.3 Å². The van der Waals surface area contributed by atoms with Crippen molar-refractivity contribution in [2.45, 2.75) is 43.6 Å². The van der Waals surface area contributed by atoms with E-state index in [9.17, 15) is 18.0 Å². The third kappa shape index (κ3) is 4.01. The van der Waals surface area contributed by atoms with Crippen LogP contribution in [0.1, 0.15) is 48.2 Å². The molecule has 2 atom stereocenters. The first kappa shape index (κ1) is 23.9. The highest BCUT2D eigenvalue weighted by molar-refractivity contribution is 7.90. The average Bonchev–Trinajstić information content (AvgIpc) is 2.87. The van der Waals surface area contributed by atoms with Crippen molar-refractivity contribution in [3.63, 3.8) is 0 Å². The molecule has 1 heterocycles. The van der Waals surface area contributed by atoms with Crippen molar-refractivity contribution in [1.82, 2.24) is 0 Å². The number of hydrogen-bond acceptors (Lipinski definition) is 6. The Morgan fingerprint density at radius 1 is 1.00 bits per heavy atom. The molecule has 3 aromatic rings. The number of rotatable bonds is 6. The molecule has 5 rings (SSSR count). The van der Waals surface area contributed by atoms with Crippen molar-refractivity contribution < 1.29 is 22.7 Å². The van der Waals surface area contributed by atoms with E-state index in [1.165, 1.54) is 6.07 Å². The van der Waals surface area contributed by atoms with Gasteiger partial charge in [0, 0.05) is 11.6 Å². The van der Waals surface area contributed by atoms with Gasteiger partial charge in [-0.15, -0.1) is 4.40 Å². The van der Waals surface area contributed by atoms with E-state index in [2.05, 4.69) is 9.71 Å². The number of nitrogens with zero attached hydrogens (tertiary/aromatic N) is 1. The van der Waals surface area contributed by atoms with Crippen molar-refractivity contribution in [3.8, 4) is 5.75 Å². The van der Waals surface area contributed by atoms with Gasteiger partial charge in [0.1, 0.15) is 29.0 Å². The van der Waals surface area contributed by atoms with Gasteiger partial charge in [-0.1, -0.05) is 67.9 Å². The van der Waals surface area contributed by atoms with Crippen molar-refractivity contribution in [1.29, 1.82) is 0 Å². The van der Waals surface area contributed by atoms with E-state index in [1.807, 2.05) is 50.2 Å². The predicted molar refractivity (Wildman–Crippen MR) is 137 cm³/mol. The minimum absolute atomic E-state index is 0.0655. The SMILES string of the molecule is CCCC1(C)C(=O)C(C2=NS(=O)(=O)c3cc(OCc4ccccc4)ccc3N2)C(=O)c2ccccc21. The lowest BCUT2D eigenvalue weighted by molar-refractivity contribution is -0.125. The van der Waals surface area contributed by atoms with E-state index in [-0.39, 0.29) is 28.8 Å².